The minimum absolute atomic E-state index is 0.168. The highest BCUT2D eigenvalue weighted by Crippen LogP contribution is 2.18. The van der Waals surface area contributed by atoms with Crippen LogP contribution in [0.3, 0.4) is 0 Å². The monoisotopic (exact) mass is 435 g/mol. The molecule has 32 heavy (non-hydrogen) atoms. The number of nitrogens with one attached hydrogen (secondary N) is 1. The maximum Gasteiger partial charge on any atom is 0.229 e. The lowest BCUT2D eigenvalue weighted by Crippen LogP contribution is -2.12. The van der Waals surface area contributed by atoms with Crippen LogP contribution in [-0.4, -0.2) is 26.2 Å². The Morgan fingerprint density at radius 3 is 2.44 bits per heavy atom. The van der Waals surface area contributed by atoms with Crippen LogP contribution in [-0.2, 0) is 17.6 Å². The number of nitrogens with zero attached hydrogens (tertiary/aromatic N) is 4. The van der Waals surface area contributed by atoms with E-state index in [2.05, 4.69) is 25.6 Å². The number of aryl methyl sites for hydroxylation is 1. The number of anilines is 1. The number of carbonyl (C=O) groups is 1. The summed E-state index contributed by atoms with van der Waals surface area (Å²) >= 11 is 0. The van der Waals surface area contributed by atoms with E-state index in [9.17, 15) is 9.18 Å². The van der Waals surface area contributed by atoms with Crippen LogP contribution in [0, 0.1) is 5.82 Å². The van der Waals surface area contributed by atoms with E-state index >= 15 is 0 Å². The van der Waals surface area contributed by atoms with Crippen LogP contribution in [0.25, 0.3) is 11.4 Å². The molecule has 0 spiro atoms. The maximum absolute atomic E-state index is 13.0. The number of rotatable bonds is 8. The zero-order valence-corrected chi connectivity index (χ0v) is 17.7. The van der Waals surface area contributed by atoms with Gasteiger partial charge in [-0.25, -0.2) is 4.39 Å². The summed E-state index contributed by atoms with van der Waals surface area (Å²) in [5, 5.41) is 10.7. The molecule has 0 aliphatic carbocycles. The molecular formula is C23H22FN5O3. The van der Waals surface area contributed by atoms with E-state index in [-0.39, 0.29) is 24.1 Å². The molecule has 0 bridgehead atoms. The van der Waals surface area contributed by atoms with Gasteiger partial charge in [0.05, 0.1) is 0 Å². The highest BCUT2D eigenvalue weighted by molar-refractivity contribution is 5.90. The fraction of sp³-hybridized carbons (Fsp3) is 0.261. The molecule has 8 nitrogen and oxygen atoms in total. The van der Waals surface area contributed by atoms with Gasteiger partial charge >= 0.3 is 0 Å². The van der Waals surface area contributed by atoms with Crippen LogP contribution in [0.2, 0.25) is 0 Å². The van der Waals surface area contributed by atoms with E-state index < -0.39 is 0 Å². The number of benzene rings is 2. The zero-order valence-electron chi connectivity index (χ0n) is 17.7. The summed E-state index contributed by atoms with van der Waals surface area (Å²) in [4.78, 5) is 20.9. The van der Waals surface area contributed by atoms with E-state index in [0.717, 1.165) is 5.56 Å². The van der Waals surface area contributed by atoms with Crippen LogP contribution in [0.15, 0.2) is 57.6 Å². The number of halogens is 1. The molecule has 0 aliphatic rings. The molecule has 2 aromatic carbocycles. The number of amides is 1. The van der Waals surface area contributed by atoms with Gasteiger partial charge in [0, 0.05) is 36.4 Å². The molecular weight excluding hydrogens is 413 g/mol. The molecule has 9 heteroatoms. The van der Waals surface area contributed by atoms with Gasteiger partial charge in [0.25, 0.3) is 0 Å². The fourth-order valence-corrected chi connectivity index (χ4v) is 2.98. The Hall–Kier alpha value is -3.88. The first-order valence-corrected chi connectivity index (χ1v) is 10.3. The van der Waals surface area contributed by atoms with Gasteiger partial charge in [-0.05, 0) is 42.0 Å². The van der Waals surface area contributed by atoms with Crippen LogP contribution in [0.4, 0.5) is 10.1 Å². The number of hydrogen-bond donors (Lipinski definition) is 1. The SMILES string of the molecule is CC(C)c1nc(Cc2ccc(NC(=O)CCc3nc(-c4ccc(F)cc4)no3)cc2)no1. The van der Waals surface area contributed by atoms with E-state index in [0.29, 0.717) is 47.5 Å². The van der Waals surface area contributed by atoms with Crippen molar-refractivity contribution in [2.75, 3.05) is 5.32 Å². The summed E-state index contributed by atoms with van der Waals surface area (Å²) in [5.41, 5.74) is 2.35. The Balaban J connectivity index is 1.27. The average Bonchev–Trinajstić information content (AvgIpc) is 3.44. The molecule has 0 unspecified atom stereocenters. The first kappa shape index (κ1) is 21.4. The lowest BCUT2D eigenvalue weighted by Gasteiger charge is -2.05. The van der Waals surface area contributed by atoms with Crippen molar-refractivity contribution < 1.29 is 18.2 Å². The summed E-state index contributed by atoms with van der Waals surface area (Å²) in [6.45, 7) is 4.00. The molecule has 1 N–H and O–H groups in total. The molecule has 2 aromatic heterocycles. The minimum Gasteiger partial charge on any atom is -0.339 e. The molecule has 0 fully saturated rings. The van der Waals surface area contributed by atoms with Gasteiger partial charge in [0.1, 0.15) is 5.82 Å². The Morgan fingerprint density at radius 1 is 1.00 bits per heavy atom. The number of aromatic nitrogens is 4. The van der Waals surface area contributed by atoms with Gasteiger partial charge in [-0.2, -0.15) is 9.97 Å². The van der Waals surface area contributed by atoms with Crippen LogP contribution >= 0.6 is 0 Å². The smallest absolute Gasteiger partial charge is 0.229 e. The number of hydrogen-bond acceptors (Lipinski definition) is 7. The summed E-state index contributed by atoms with van der Waals surface area (Å²) in [6.07, 6.45) is 1.04. The third-order valence-electron chi connectivity index (χ3n) is 4.71. The summed E-state index contributed by atoms with van der Waals surface area (Å²) in [7, 11) is 0. The first-order chi connectivity index (χ1) is 15.5. The molecule has 0 atom stereocenters. The molecule has 1 amide bonds. The summed E-state index contributed by atoms with van der Waals surface area (Å²) in [5.74, 6) is 1.64. The molecule has 164 valence electrons. The Morgan fingerprint density at radius 2 is 1.75 bits per heavy atom. The topological polar surface area (TPSA) is 107 Å². The predicted octanol–water partition coefficient (Wildman–Crippen LogP) is 4.54. The van der Waals surface area contributed by atoms with E-state index in [1.807, 2.05) is 38.1 Å². The van der Waals surface area contributed by atoms with Gasteiger partial charge in [-0.15, -0.1) is 0 Å². The van der Waals surface area contributed by atoms with Crippen molar-refractivity contribution >= 4 is 11.6 Å². The highest BCUT2D eigenvalue weighted by atomic mass is 19.1. The van der Waals surface area contributed by atoms with E-state index in [4.69, 9.17) is 9.05 Å². The standard InChI is InChI=1S/C23H22FN5O3/c1-14(2)23-26-19(28-32-23)13-15-3-9-18(10-4-15)25-20(30)11-12-21-27-22(29-31-21)16-5-7-17(24)8-6-16/h3-10,14H,11-13H2,1-2H3,(H,25,30). The number of carbonyl (C=O) groups excluding carboxylic acids is 1. The average molecular weight is 435 g/mol. The third kappa shape index (κ3) is 5.42. The second kappa shape index (κ2) is 9.51. The lowest BCUT2D eigenvalue weighted by atomic mass is 10.1. The zero-order chi connectivity index (χ0) is 22.5. The molecule has 0 saturated carbocycles. The second-order valence-electron chi connectivity index (χ2n) is 7.64. The van der Waals surface area contributed by atoms with Crippen molar-refractivity contribution in [2.24, 2.45) is 0 Å². The minimum atomic E-state index is -0.336. The first-order valence-electron chi connectivity index (χ1n) is 10.3. The molecule has 0 aliphatic heterocycles. The normalized spacial score (nSPS) is 11.1. The Labute approximate surface area is 183 Å². The molecule has 0 radical (unpaired) electrons. The molecule has 2 heterocycles. The van der Waals surface area contributed by atoms with Crippen molar-refractivity contribution in [1.29, 1.82) is 0 Å². The van der Waals surface area contributed by atoms with Crippen molar-refractivity contribution in [3.05, 3.63) is 77.5 Å². The van der Waals surface area contributed by atoms with Crippen LogP contribution in [0.1, 0.15) is 49.4 Å². The Kier molecular flexibility index (Phi) is 6.34. The molecule has 4 aromatic rings. The van der Waals surface area contributed by atoms with Gasteiger partial charge < -0.3 is 14.4 Å². The van der Waals surface area contributed by atoms with Crippen molar-refractivity contribution in [3.8, 4) is 11.4 Å². The summed E-state index contributed by atoms with van der Waals surface area (Å²) in [6, 6.07) is 13.3. The van der Waals surface area contributed by atoms with Crippen molar-refractivity contribution in [3.63, 3.8) is 0 Å². The summed E-state index contributed by atoms with van der Waals surface area (Å²) < 4.78 is 23.4. The van der Waals surface area contributed by atoms with Gasteiger partial charge in [0.15, 0.2) is 5.82 Å². The quantitative estimate of drug-likeness (QED) is 0.433. The Bertz CT molecular complexity index is 1180. The predicted molar refractivity (Wildman–Crippen MR) is 114 cm³/mol. The van der Waals surface area contributed by atoms with Gasteiger partial charge in [-0.3, -0.25) is 4.79 Å². The fourth-order valence-electron chi connectivity index (χ4n) is 2.98. The molecule has 0 saturated heterocycles. The van der Waals surface area contributed by atoms with Crippen molar-refractivity contribution in [2.45, 2.75) is 39.0 Å². The highest BCUT2D eigenvalue weighted by Gasteiger charge is 2.12. The van der Waals surface area contributed by atoms with Crippen molar-refractivity contribution in [1.82, 2.24) is 20.3 Å². The second-order valence-corrected chi connectivity index (χ2v) is 7.64. The maximum atomic E-state index is 13.0. The van der Waals surface area contributed by atoms with Crippen LogP contribution < -0.4 is 5.32 Å². The largest absolute Gasteiger partial charge is 0.339 e. The third-order valence-corrected chi connectivity index (χ3v) is 4.71. The van der Waals surface area contributed by atoms with E-state index in [1.54, 1.807) is 12.1 Å². The van der Waals surface area contributed by atoms with E-state index in [1.165, 1.54) is 12.1 Å². The van der Waals surface area contributed by atoms with Crippen LogP contribution in [0.5, 0.6) is 0 Å². The van der Waals surface area contributed by atoms with Gasteiger partial charge in [-0.1, -0.05) is 36.3 Å². The molecule has 4 rings (SSSR count). The van der Waals surface area contributed by atoms with Gasteiger partial charge in [0.2, 0.25) is 23.5 Å². The lowest BCUT2D eigenvalue weighted by molar-refractivity contribution is -0.116.